The molecule has 0 unspecified atom stereocenters. The minimum atomic E-state index is 0.511. The minimum absolute atomic E-state index is 0.511. The first-order chi connectivity index (χ1) is 9.66. The lowest BCUT2D eigenvalue weighted by Crippen LogP contribution is -2.08. The molecule has 0 saturated carbocycles. The van der Waals surface area contributed by atoms with Gasteiger partial charge in [0.15, 0.2) is 0 Å². The molecule has 108 valence electrons. The Morgan fingerprint density at radius 1 is 1.30 bits per heavy atom. The van der Waals surface area contributed by atoms with E-state index in [1.807, 2.05) is 41.2 Å². The summed E-state index contributed by atoms with van der Waals surface area (Å²) in [6.45, 7) is 5.73. The van der Waals surface area contributed by atoms with E-state index in [9.17, 15) is 0 Å². The number of ether oxygens (including phenoxy) is 1. The number of rotatable bonds is 7. The molecule has 0 saturated heterocycles. The zero-order chi connectivity index (χ0) is 14.4. The van der Waals surface area contributed by atoms with Gasteiger partial charge in [0.2, 0.25) is 0 Å². The van der Waals surface area contributed by atoms with Gasteiger partial charge in [0.25, 0.3) is 0 Å². The monoisotopic (exact) mass is 291 g/mol. The van der Waals surface area contributed by atoms with Crippen molar-refractivity contribution in [3.63, 3.8) is 0 Å². The highest BCUT2D eigenvalue weighted by Crippen LogP contribution is 2.28. The second-order valence-electron chi connectivity index (χ2n) is 4.80. The fourth-order valence-electron chi connectivity index (χ4n) is 1.82. The van der Waals surface area contributed by atoms with E-state index in [1.165, 1.54) is 0 Å². The maximum Gasteiger partial charge on any atom is 0.135 e. The summed E-state index contributed by atoms with van der Waals surface area (Å²) >= 11 is 1.74. The van der Waals surface area contributed by atoms with E-state index in [0.717, 1.165) is 29.4 Å². The van der Waals surface area contributed by atoms with Crippen LogP contribution in [0.3, 0.4) is 0 Å². The highest BCUT2D eigenvalue weighted by atomic mass is 32.2. The summed E-state index contributed by atoms with van der Waals surface area (Å²) in [5.74, 6) is 1.65. The molecule has 2 N–H and O–H groups in total. The summed E-state index contributed by atoms with van der Waals surface area (Å²) in [5, 5.41) is 4.84. The van der Waals surface area contributed by atoms with Crippen molar-refractivity contribution in [2.45, 2.75) is 37.0 Å². The van der Waals surface area contributed by atoms with Gasteiger partial charge in [-0.05, 0) is 12.1 Å². The van der Waals surface area contributed by atoms with Crippen LogP contribution in [0.25, 0.3) is 0 Å². The number of anilines is 1. The molecule has 0 radical (unpaired) electrons. The number of thioether (sulfide) groups is 1. The number of hydrogen-bond acceptors (Lipinski definition) is 4. The molecule has 0 fully saturated rings. The molecule has 20 heavy (non-hydrogen) atoms. The van der Waals surface area contributed by atoms with Crippen LogP contribution in [0.5, 0.6) is 5.75 Å². The van der Waals surface area contributed by atoms with Crippen LogP contribution in [-0.4, -0.2) is 21.6 Å². The molecule has 0 aliphatic carbocycles. The fourth-order valence-corrected chi connectivity index (χ4v) is 2.66. The van der Waals surface area contributed by atoms with Gasteiger partial charge in [-0.15, -0.1) is 11.8 Å². The average molecular weight is 291 g/mol. The summed E-state index contributed by atoms with van der Waals surface area (Å²) in [7, 11) is 0. The zero-order valence-electron chi connectivity index (χ0n) is 12.0. The van der Waals surface area contributed by atoms with Gasteiger partial charge < -0.3 is 10.5 Å². The molecule has 1 aromatic carbocycles. The van der Waals surface area contributed by atoms with Crippen LogP contribution in [0.1, 0.15) is 20.3 Å². The Kier molecular flexibility index (Phi) is 5.35. The smallest absolute Gasteiger partial charge is 0.135 e. The molecule has 0 amide bonds. The van der Waals surface area contributed by atoms with Crippen LogP contribution < -0.4 is 10.5 Å². The zero-order valence-corrected chi connectivity index (χ0v) is 12.8. The maximum absolute atomic E-state index is 6.08. The fraction of sp³-hybridized carbons (Fsp3) is 0.400. The molecule has 0 spiro atoms. The lowest BCUT2D eigenvalue weighted by molar-refractivity contribution is 0.299. The summed E-state index contributed by atoms with van der Waals surface area (Å²) in [6.07, 6.45) is 2.73. The Balaban J connectivity index is 1.78. The summed E-state index contributed by atoms with van der Waals surface area (Å²) in [6, 6.07) is 9.83. The Morgan fingerprint density at radius 3 is 2.75 bits per heavy atom. The second kappa shape index (κ2) is 7.24. The van der Waals surface area contributed by atoms with Crippen LogP contribution in [0.15, 0.2) is 41.4 Å². The van der Waals surface area contributed by atoms with E-state index in [4.69, 9.17) is 10.5 Å². The largest absolute Gasteiger partial charge is 0.494 e. The lowest BCUT2D eigenvalue weighted by Gasteiger charge is -2.08. The quantitative estimate of drug-likeness (QED) is 0.627. The van der Waals surface area contributed by atoms with Gasteiger partial charge >= 0.3 is 0 Å². The topological polar surface area (TPSA) is 53.1 Å². The molecule has 2 rings (SSSR count). The van der Waals surface area contributed by atoms with Crippen LogP contribution in [0.2, 0.25) is 0 Å². The standard InChI is InChI=1S/C15H21N3OS/c1-12(2)20-14-11-17-18(15(14)16)9-6-10-19-13-7-4-3-5-8-13/h3-5,7-8,11-12H,6,9-10,16H2,1-2H3. The van der Waals surface area contributed by atoms with Crippen molar-refractivity contribution < 1.29 is 4.74 Å². The Bertz CT molecular complexity index is 525. The van der Waals surface area contributed by atoms with Crippen molar-refractivity contribution in [3.8, 4) is 5.75 Å². The lowest BCUT2D eigenvalue weighted by atomic mass is 10.3. The molecular formula is C15H21N3OS. The average Bonchev–Trinajstić information content (AvgIpc) is 2.77. The van der Waals surface area contributed by atoms with E-state index >= 15 is 0 Å². The molecule has 2 aromatic rings. The van der Waals surface area contributed by atoms with Gasteiger partial charge in [0.1, 0.15) is 11.6 Å². The van der Waals surface area contributed by atoms with E-state index in [0.29, 0.717) is 11.9 Å². The third kappa shape index (κ3) is 4.20. The van der Waals surface area contributed by atoms with E-state index < -0.39 is 0 Å². The molecule has 0 bridgehead atoms. The number of nitrogen functional groups attached to an aromatic ring is 1. The van der Waals surface area contributed by atoms with Gasteiger partial charge in [-0.3, -0.25) is 0 Å². The number of nitrogens with zero attached hydrogens (tertiary/aromatic N) is 2. The number of benzene rings is 1. The number of hydrogen-bond donors (Lipinski definition) is 1. The number of nitrogens with two attached hydrogens (primary N) is 1. The molecule has 1 heterocycles. The first-order valence-electron chi connectivity index (χ1n) is 6.82. The van der Waals surface area contributed by atoms with E-state index in [2.05, 4.69) is 18.9 Å². The molecule has 0 aliphatic rings. The maximum atomic E-state index is 6.08. The molecule has 0 aliphatic heterocycles. The highest BCUT2D eigenvalue weighted by molar-refractivity contribution is 8.00. The van der Waals surface area contributed by atoms with E-state index in [-0.39, 0.29) is 0 Å². The van der Waals surface area contributed by atoms with Crippen LogP contribution in [0, 0.1) is 0 Å². The minimum Gasteiger partial charge on any atom is -0.494 e. The van der Waals surface area contributed by atoms with Gasteiger partial charge in [-0.25, -0.2) is 4.68 Å². The summed E-state index contributed by atoms with van der Waals surface area (Å²) in [5.41, 5.74) is 6.08. The highest BCUT2D eigenvalue weighted by Gasteiger charge is 2.09. The Hall–Kier alpha value is -1.62. The number of aryl methyl sites for hydroxylation is 1. The van der Waals surface area contributed by atoms with Crippen molar-refractivity contribution in [1.29, 1.82) is 0 Å². The van der Waals surface area contributed by atoms with Crippen molar-refractivity contribution in [2.75, 3.05) is 12.3 Å². The van der Waals surface area contributed by atoms with Crippen molar-refractivity contribution >= 4 is 17.6 Å². The molecule has 5 heteroatoms. The van der Waals surface area contributed by atoms with Crippen molar-refractivity contribution in [3.05, 3.63) is 36.5 Å². The summed E-state index contributed by atoms with van der Waals surface area (Å²) in [4.78, 5) is 1.06. The van der Waals surface area contributed by atoms with Crippen molar-refractivity contribution in [2.24, 2.45) is 0 Å². The number of para-hydroxylation sites is 1. The normalized spacial score (nSPS) is 10.9. The first-order valence-corrected chi connectivity index (χ1v) is 7.70. The van der Waals surface area contributed by atoms with Gasteiger partial charge in [0, 0.05) is 18.2 Å². The molecule has 4 nitrogen and oxygen atoms in total. The first kappa shape index (κ1) is 14.8. The molecule has 1 aromatic heterocycles. The van der Waals surface area contributed by atoms with Crippen LogP contribution in [0.4, 0.5) is 5.82 Å². The molecular weight excluding hydrogens is 270 g/mol. The predicted octanol–water partition coefficient (Wildman–Crippen LogP) is 3.43. The Morgan fingerprint density at radius 2 is 2.05 bits per heavy atom. The third-order valence-corrected chi connectivity index (χ3v) is 3.77. The SMILES string of the molecule is CC(C)Sc1cnn(CCCOc2ccccc2)c1N. The van der Waals surface area contributed by atoms with Crippen molar-refractivity contribution in [1.82, 2.24) is 9.78 Å². The third-order valence-electron chi connectivity index (χ3n) is 2.73. The van der Waals surface area contributed by atoms with E-state index in [1.54, 1.807) is 11.8 Å². The van der Waals surface area contributed by atoms with Crippen LogP contribution >= 0.6 is 11.8 Å². The Labute approximate surface area is 124 Å². The van der Waals surface area contributed by atoms with Crippen LogP contribution in [-0.2, 0) is 6.54 Å². The van der Waals surface area contributed by atoms with Gasteiger partial charge in [-0.2, -0.15) is 5.10 Å². The number of aromatic nitrogens is 2. The van der Waals surface area contributed by atoms with Gasteiger partial charge in [-0.1, -0.05) is 32.0 Å². The van der Waals surface area contributed by atoms with Gasteiger partial charge in [0.05, 0.1) is 17.7 Å². The summed E-state index contributed by atoms with van der Waals surface area (Å²) < 4.78 is 7.50. The second-order valence-corrected chi connectivity index (χ2v) is 6.42. The predicted molar refractivity (Wildman–Crippen MR) is 84.2 cm³/mol. The molecule has 0 atom stereocenters.